The molecule has 0 aliphatic carbocycles. The average molecular weight is 357 g/mol. The summed E-state index contributed by atoms with van der Waals surface area (Å²) >= 11 is 0. The lowest BCUT2D eigenvalue weighted by atomic mass is 10.2. The number of sulfone groups is 1. The molecule has 8 heteroatoms. The van der Waals surface area contributed by atoms with Gasteiger partial charge in [0.2, 0.25) is 10.0 Å². The van der Waals surface area contributed by atoms with Crippen LogP contribution in [0, 0.1) is 5.82 Å². The van der Waals surface area contributed by atoms with Crippen LogP contribution < -0.4 is 0 Å². The first-order chi connectivity index (χ1) is 10.6. The number of nitrogens with zero attached hydrogens (tertiary/aromatic N) is 1. The number of benzene rings is 2. The molecule has 0 bridgehead atoms. The normalized spacial score (nSPS) is 12.5. The van der Waals surface area contributed by atoms with Crippen molar-refractivity contribution in [3.05, 3.63) is 59.9 Å². The van der Waals surface area contributed by atoms with E-state index in [1.165, 1.54) is 49.5 Å². The summed E-state index contributed by atoms with van der Waals surface area (Å²) in [4.78, 5) is -0.168. The zero-order valence-electron chi connectivity index (χ0n) is 12.6. The molecule has 0 fully saturated rings. The van der Waals surface area contributed by atoms with Crippen molar-refractivity contribution in [3.8, 4) is 0 Å². The first kappa shape index (κ1) is 17.6. The van der Waals surface area contributed by atoms with E-state index in [2.05, 4.69) is 0 Å². The zero-order valence-corrected chi connectivity index (χ0v) is 14.2. The molecule has 0 amide bonds. The number of halogens is 1. The van der Waals surface area contributed by atoms with Gasteiger partial charge in [-0.15, -0.1) is 0 Å². The summed E-state index contributed by atoms with van der Waals surface area (Å²) in [5.41, 5.74) is 0.622. The molecule has 0 unspecified atom stereocenters. The lowest BCUT2D eigenvalue weighted by molar-refractivity contribution is 0.466. The topological polar surface area (TPSA) is 71.5 Å². The SMILES string of the molecule is CN(Cc1ccc(F)cc1)S(=O)(=O)c1cccc(S(C)(=O)=O)c1. The Balaban J connectivity index is 2.32. The maximum atomic E-state index is 12.9. The van der Waals surface area contributed by atoms with Crippen LogP contribution in [0.4, 0.5) is 4.39 Å². The van der Waals surface area contributed by atoms with Gasteiger partial charge in [0, 0.05) is 19.8 Å². The molecule has 124 valence electrons. The van der Waals surface area contributed by atoms with Crippen molar-refractivity contribution in [1.29, 1.82) is 0 Å². The van der Waals surface area contributed by atoms with Gasteiger partial charge in [-0.05, 0) is 35.9 Å². The van der Waals surface area contributed by atoms with Crippen molar-refractivity contribution < 1.29 is 21.2 Å². The summed E-state index contributed by atoms with van der Waals surface area (Å²) in [6.45, 7) is 0.0473. The van der Waals surface area contributed by atoms with Gasteiger partial charge in [0.05, 0.1) is 9.79 Å². The lowest BCUT2D eigenvalue weighted by Crippen LogP contribution is -2.26. The summed E-state index contributed by atoms with van der Waals surface area (Å²) in [5, 5.41) is 0. The monoisotopic (exact) mass is 357 g/mol. The van der Waals surface area contributed by atoms with Crippen LogP contribution in [-0.4, -0.2) is 34.4 Å². The Morgan fingerprint density at radius 2 is 1.52 bits per heavy atom. The molecule has 0 N–H and O–H groups in total. The third-order valence-electron chi connectivity index (χ3n) is 3.26. The van der Waals surface area contributed by atoms with E-state index < -0.39 is 25.7 Å². The molecule has 2 aromatic carbocycles. The smallest absolute Gasteiger partial charge is 0.224 e. The van der Waals surface area contributed by atoms with Crippen LogP contribution in [0.5, 0.6) is 0 Å². The quantitative estimate of drug-likeness (QED) is 0.821. The molecule has 0 atom stereocenters. The average Bonchev–Trinajstić information content (AvgIpc) is 2.49. The van der Waals surface area contributed by atoms with E-state index in [0.717, 1.165) is 16.6 Å². The zero-order chi connectivity index (χ0) is 17.3. The van der Waals surface area contributed by atoms with E-state index in [-0.39, 0.29) is 16.3 Å². The van der Waals surface area contributed by atoms with Crippen LogP contribution in [-0.2, 0) is 26.4 Å². The maximum Gasteiger partial charge on any atom is 0.243 e. The van der Waals surface area contributed by atoms with E-state index >= 15 is 0 Å². The first-order valence-corrected chi connectivity index (χ1v) is 9.95. The van der Waals surface area contributed by atoms with Gasteiger partial charge in [-0.2, -0.15) is 4.31 Å². The minimum Gasteiger partial charge on any atom is -0.224 e. The summed E-state index contributed by atoms with van der Waals surface area (Å²) in [6.07, 6.45) is 1.01. The molecule has 0 radical (unpaired) electrons. The third-order valence-corrected chi connectivity index (χ3v) is 6.17. The van der Waals surface area contributed by atoms with E-state index in [1.54, 1.807) is 0 Å². The Hall–Kier alpha value is -1.77. The Labute approximate surface area is 135 Å². The molecule has 0 aliphatic rings. The van der Waals surface area contributed by atoms with Gasteiger partial charge in [0.1, 0.15) is 5.82 Å². The number of sulfonamides is 1. The minimum absolute atomic E-state index is 0.0473. The Morgan fingerprint density at radius 3 is 2.09 bits per heavy atom. The van der Waals surface area contributed by atoms with Crippen molar-refractivity contribution in [2.24, 2.45) is 0 Å². The predicted molar refractivity (Wildman–Crippen MR) is 84.6 cm³/mol. The highest BCUT2D eigenvalue weighted by molar-refractivity contribution is 7.91. The molecule has 0 aromatic heterocycles. The van der Waals surface area contributed by atoms with Gasteiger partial charge in [-0.1, -0.05) is 18.2 Å². The van der Waals surface area contributed by atoms with Crippen molar-refractivity contribution in [3.63, 3.8) is 0 Å². The fourth-order valence-electron chi connectivity index (χ4n) is 1.98. The predicted octanol–water partition coefficient (Wildman–Crippen LogP) is 2.05. The van der Waals surface area contributed by atoms with Crippen LogP contribution in [0.1, 0.15) is 5.56 Å². The highest BCUT2D eigenvalue weighted by atomic mass is 32.2. The molecule has 0 aliphatic heterocycles. The van der Waals surface area contributed by atoms with E-state index in [9.17, 15) is 21.2 Å². The van der Waals surface area contributed by atoms with E-state index in [4.69, 9.17) is 0 Å². The number of hydrogen-bond acceptors (Lipinski definition) is 4. The summed E-state index contributed by atoms with van der Waals surface area (Å²) in [6, 6.07) is 10.7. The highest BCUT2D eigenvalue weighted by Crippen LogP contribution is 2.20. The largest absolute Gasteiger partial charge is 0.243 e. The van der Waals surface area contributed by atoms with E-state index in [0.29, 0.717) is 5.56 Å². The molecule has 2 aromatic rings. The van der Waals surface area contributed by atoms with Crippen LogP contribution in [0.25, 0.3) is 0 Å². The molecule has 5 nitrogen and oxygen atoms in total. The third kappa shape index (κ3) is 4.15. The van der Waals surface area contributed by atoms with Crippen molar-refractivity contribution >= 4 is 19.9 Å². The summed E-state index contributed by atoms with van der Waals surface area (Å²) in [7, 11) is -5.97. The standard InChI is InChI=1S/C15H16FNO4S2/c1-17(11-12-6-8-13(16)9-7-12)23(20,21)15-5-3-4-14(10-15)22(2,18)19/h3-10H,11H2,1-2H3. The van der Waals surface area contributed by atoms with Crippen LogP contribution in [0.15, 0.2) is 58.3 Å². The molecular formula is C15H16FNO4S2. The Kier molecular flexibility index (Phi) is 4.88. The van der Waals surface area contributed by atoms with Gasteiger partial charge in [0.25, 0.3) is 0 Å². The van der Waals surface area contributed by atoms with Gasteiger partial charge in [-0.3, -0.25) is 0 Å². The molecule has 23 heavy (non-hydrogen) atoms. The van der Waals surface area contributed by atoms with Gasteiger partial charge in [-0.25, -0.2) is 21.2 Å². The fourth-order valence-corrected chi connectivity index (χ4v) is 3.92. The maximum absolute atomic E-state index is 12.9. The first-order valence-electron chi connectivity index (χ1n) is 6.61. The van der Waals surface area contributed by atoms with Crippen molar-refractivity contribution in [1.82, 2.24) is 4.31 Å². The second-order valence-corrected chi connectivity index (χ2v) is 9.20. The molecule has 0 saturated carbocycles. The molecule has 0 spiro atoms. The minimum atomic E-state index is -3.85. The fraction of sp³-hybridized carbons (Fsp3) is 0.200. The lowest BCUT2D eigenvalue weighted by Gasteiger charge is -2.17. The van der Waals surface area contributed by atoms with Gasteiger partial charge in [0.15, 0.2) is 9.84 Å². The van der Waals surface area contributed by atoms with Crippen molar-refractivity contribution in [2.75, 3.05) is 13.3 Å². The molecule has 0 heterocycles. The number of rotatable bonds is 5. The van der Waals surface area contributed by atoms with Crippen LogP contribution >= 0.6 is 0 Å². The second kappa shape index (κ2) is 6.38. The Bertz CT molecular complexity index is 907. The van der Waals surface area contributed by atoms with E-state index in [1.807, 2.05) is 0 Å². The van der Waals surface area contributed by atoms with Crippen LogP contribution in [0.2, 0.25) is 0 Å². The summed E-state index contributed by atoms with van der Waals surface area (Å²) in [5.74, 6) is -0.403. The second-order valence-electron chi connectivity index (χ2n) is 5.13. The Morgan fingerprint density at radius 1 is 0.957 bits per heavy atom. The molecule has 0 saturated heterocycles. The van der Waals surface area contributed by atoms with Crippen LogP contribution in [0.3, 0.4) is 0 Å². The number of hydrogen-bond donors (Lipinski definition) is 0. The molecular weight excluding hydrogens is 341 g/mol. The highest BCUT2D eigenvalue weighted by Gasteiger charge is 2.22. The van der Waals surface area contributed by atoms with Crippen molar-refractivity contribution in [2.45, 2.75) is 16.3 Å². The summed E-state index contributed by atoms with van der Waals surface area (Å²) < 4.78 is 62.2. The van der Waals surface area contributed by atoms with Gasteiger partial charge >= 0.3 is 0 Å². The van der Waals surface area contributed by atoms with Gasteiger partial charge < -0.3 is 0 Å². The molecule has 2 rings (SSSR count).